The number of methoxy groups -OCH3 is 1. The van der Waals surface area contributed by atoms with Crippen molar-refractivity contribution in [1.82, 2.24) is 9.55 Å². The molecule has 0 aliphatic rings. The van der Waals surface area contributed by atoms with Crippen molar-refractivity contribution in [2.45, 2.75) is 6.42 Å². The fourth-order valence-electron chi connectivity index (χ4n) is 2.28. The average molecular weight is 252 g/mol. The van der Waals surface area contributed by atoms with Crippen molar-refractivity contribution < 1.29 is 4.74 Å². The third kappa shape index (κ3) is 2.19. The van der Waals surface area contributed by atoms with E-state index in [1.54, 1.807) is 7.11 Å². The molecule has 1 aromatic heterocycles. The minimum atomic E-state index is 0.842. The zero-order valence-electron chi connectivity index (χ0n) is 11.1. The Morgan fingerprint density at radius 3 is 2.63 bits per heavy atom. The molecule has 0 unspecified atom stereocenters. The van der Waals surface area contributed by atoms with Gasteiger partial charge in [-0.2, -0.15) is 0 Å². The minimum Gasteiger partial charge on any atom is -0.497 e. The van der Waals surface area contributed by atoms with Gasteiger partial charge in [-0.15, -0.1) is 0 Å². The van der Waals surface area contributed by atoms with Crippen LogP contribution < -0.4 is 4.74 Å². The van der Waals surface area contributed by atoms with Crippen LogP contribution in [0, 0.1) is 0 Å². The second kappa shape index (κ2) is 4.76. The Hall–Kier alpha value is -2.29. The van der Waals surface area contributed by atoms with Crippen LogP contribution in [0.3, 0.4) is 0 Å². The highest BCUT2D eigenvalue weighted by molar-refractivity contribution is 5.77. The molecule has 2 aromatic carbocycles. The molecule has 0 fully saturated rings. The number of rotatable bonds is 3. The zero-order valence-corrected chi connectivity index (χ0v) is 11.1. The Morgan fingerprint density at radius 1 is 1.11 bits per heavy atom. The maximum Gasteiger partial charge on any atom is 0.121 e. The Kier molecular flexibility index (Phi) is 2.95. The topological polar surface area (TPSA) is 27.1 Å². The van der Waals surface area contributed by atoms with Gasteiger partial charge in [0.25, 0.3) is 0 Å². The van der Waals surface area contributed by atoms with E-state index in [1.807, 2.05) is 31.3 Å². The van der Waals surface area contributed by atoms with Gasteiger partial charge in [0.1, 0.15) is 11.6 Å². The summed E-state index contributed by atoms with van der Waals surface area (Å²) in [5.41, 5.74) is 3.38. The molecule has 0 saturated carbocycles. The number of imidazole rings is 1. The summed E-state index contributed by atoms with van der Waals surface area (Å²) in [5, 5.41) is 0. The molecule has 96 valence electrons. The Balaban J connectivity index is 2.03. The van der Waals surface area contributed by atoms with Gasteiger partial charge in [-0.05, 0) is 17.7 Å². The van der Waals surface area contributed by atoms with Gasteiger partial charge >= 0.3 is 0 Å². The molecule has 0 atom stereocenters. The van der Waals surface area contributed by atoms with Gasteiger partial charge in [-0.25, -0.2) is 4.98 Å². The number of hydrogen-bond donors (Lipinski definition) is 0. The lowest BCUT2D eigenvalue weighted by Crippen LogP contribution is -1.98. The molecule has 0 aliphatic carbocycles. The molecular weight excluding hydrogens is 236 g/mol. The fourth-order valence-corrected chi connectivity index (χ4v) is 2.28. The molecule has 0 bridgehead atoms. The molecule has 3 nitrogen and oxygen atoms in total. The minimum absolute atomic E-state index is 0.842. The number of nitrogens with zero attached hydrogens (tertiary/aromatic N) is 2. The molecule has 19 heavy (non-hydrogen) atoms. The second-order valence-electron chi connectivity index (χ2n) is 4.60. The van der Waals surface area contributed by atoms with Gasteiger partial charge in [-0.1, -0.05) is 30.3 Å². The van der Waals surface area contributed by atoms with Crippen molar-refractivity contribution in [1.29, 1.82) is 0 Å². The van der Waals surface area contributed by atoms with Crippen LogP contribution in [0.2, 0.25) is 0 Å². The summed E-state index contributed by atoms with van der Waals surface area (Å²) in [7, 11) is 3.73. The van der Waals surface area contributed by atoms with Gasteiger partial charge in [0, 0.05) is 19.5 Å². The van der Waals surface area contributed by atoms with Gasteiger partial charge in [0.2, 0.25) is 0 Å². The van der Waals surface area contributed by atoms with Crippen molar-refractivity contribution in [3.8, 4) is 5.75 Å². The van der Waals surface area contributed by atoms with Crippen molar-refractivity contribution in [3.63, 3.8) is 0 Å². The smallest absolute Gasteiger partial charge is 0.121 e. The number of fused-ring (bicyclic) bond motifs is 1. The highest BCUT2D eigenvalue weighted by Gasteiger charge is 2.09. The number of hydrogen-bond acceptors (Lipinski definition) is 2. The lowest BCUT2D eigenvalue weighted by atomic mass is 10.1. The maximum absolute atomic E-state index is 5.26. The molecule has 0 aliphatic heterocycles. The summed E-state index contributed by atoms with van der Waals surface area (Å²) in [6, 6.07) is 16.4. The first-order valence-corrected chi connectivity index (χ1v) is 6.31. The third-order valence-electron chi connectivity index (χ3n) is 3.39. The zero-order chi connectivity index (χ0) is 13.2. The number of benzene rings is 2. The maximum atomic E-state index is 5.26. The van der Waals surface area contributed by atoms with E-state index in [9.17, 15) is 0 Å². The fraction of sp³-hybridized carbons (Fsp3) is 0.188. The molecule has 0 amide bonds. The molecule has 0 N–H and O–H groups in total. The van der Waals surface area contributed by atoms with E-state index in [0.717, 1.165) is 29.0 Å². The van der Waals surface area contributed by atoms with E-state index < -0.39 is 0 Å². The summed E-state index contributed by atoms with van der Waals surface area (Å²) >= 11 is 0. The molecular formula is C16H16N2O. The third-order valence-corrected chi connectivity index (χ3v) is 3.39. The summed E-state index contributed by atoms with van der Waals surface area (Å²) in [5.74, 6) is 1.93. The number of aromatic nitrogens is 2. The molecule has 1 heterocycles. The summed E-state index contributed by atoms with van der Waals surface area (Å²) in [6.07, 6.45) is 0.842. The van der Waals surface area contributed by atoms with Gasteiger partial charge in [-0.3, -0.25) is 0 Å². The molecule has 0 radical (unpaired) electrons. The van der Waals surface area contributed by atoms with Crippen LogP contribution in [0.15, 0.2) is 48.5 Å². The van der Waals surface area contributed by atoms with E-state index in [1.165, 1.54) is 5.56 Å². The van der Waals surface area contributed by atoms with Crippen LogP contribution in [0.1, 0.15) is 11.4 Å². The highest BCUT2D eigenvalue weighted by Crippen LogP contribution is 2.22. The molecule has 0 spiro atoms. The molecule has 0 saturated heterocycles. The van der Waals surface area contributed by atoms with E-state index in [0.29, 0.717) is 0 Å². The van der Waals surface area contributed by atoms with Crippen molar-refractivity contribution >= 4 is 11.0 Å². The number of ether oxygens (including phenoxy) is 1. The average Bonchev–Trinajstić information content (AvgIpc) is 2.76. The molecule has 3 heteroatoms. The van der Waals surface area contributed by atoms with E-state index in [4.69, 9.17) is 9.72 Å². The Bertz CT molecular complexity index is 701. The van der Waals surface area contributed by atoms with E-state index >= 15 is 0 Å². The van der Waals surface area contributed by atoms with Crippen LogP contribution in [0.5, 0.6) is 5.75 Å². The molecule has 3 aromatic rings. The van der Waals surface area contributed by atoms with Crippen molar-refractivity contribution in [3.05, 3.63) is 59.9 Å². The van der Waals surface area contributed by atoms with E-state index in [-0.39, 0.29) is 0 Å². The molecule has 3 rings (SSSR count). The van der Waals surface area contributed by atoms with Crippen LogP contribution >= 0.6 is 0 Å². The van der Waals surface area contributed by atoms with Gasteiger partial charge in [0.05, 0.1) is 18.1 Å². The SMILES string of the molecule is COc1ccc2nc(Cc3ccccc3)n(C)c2c1. The second-order valence-corrected chi connectivity index (χ2v) is 4.60. The van der Waals surface area contributed by atoms with Crippen molar-refractivity contribution in [2.24, 2.45) is 7.05 Å². The Labute approximate surface area is 112 Å². The van der Waals surface area contributed by atoms with Crippen molar-refractivity contribution in [2.75, 3.05) is 7.11 Å². The predicted molar refractivity (Wildman–Crippen MR) is 76.5 cm³/mol. The summed E-state index contributed by atoms with van der Waals surface area (Å²) in [6.45, 7) is 0. The monoisotopic (exact) mass is 252 g/mol. The summed E-state index contributed by atoms with van der Waals surface area (Å²) < 4.78 is 7.39. The quantitative estimate of drug-likeness (QED) is 0.716. The largest absolute Gasteiger partial charge is 0.497 e. The predicted octanol–water partition coefficient (Wildman–Crippen LogP) is 3.17. The normalized spacial score (nSPS) is 10.8. The lowest BCUT2D eigenvalue weighted by molar-refractivity contribution is 0.415. The van der Waals surface area contributed by atoms with Crippen LogP contribution in [-0.2, 0) is 13.5 Å². The standard InChI is InChI=1S/C16H16N2O/c1-18-15-11-13(19-2)8-9-14(15)17-16(18)10-12-6-4-3-5-7-12/h3-9,11H,10H2,1-2H3. The van der Waals surface area contributed by atoms with Gasteiger partial charge < -0.3 is 9.30 Å². The van der Waals surface area contributed by atoms with E-state index in [2.05, 4.69) is 28.8 Å². The first-order valence-electron chi connectivity index (χ1n) is 6.31. The highest BCUT2D eigenvalue weighted by atomic mass is 16.5. The van der Waals surface area contributed by atoms with Gasteiger partial charge in [0.15, 0.2) is 0 Å². The van der Waals surface area contributed by atoms with Crippen LogP contribution in [-0.4, -0.2) is 16.7 Å². The number of aryl methyl sites for hydroxylation is 1. The first-order chi connectivity index (χ1) is 9.28. The Morgan fingerprint density at radius 2 is 1.89 bits per heavy atom. The first kappa shape index (κ1) is 11.8. The van der Waals surface area contributed by atoms with Crippen LogP contribution in [0.4, 0.5) is 0 Å². The van der Waals surface area contributed by atoms with Crippen LogP contribution in [0.25, 0.3) is 11.0 Å². The summed E-state index contributed by atoms with van der Waals surface area (Å²) in [4.78, 5) is 4.69. The lowest BCUT2D eigenvalue weighted by Gasteiger charge is -2.03.